The molecule has 0 aromatic heterocycles. The van der Waals surface area contributed by atoms with Gasteiger partial charge >= 0.3 is 6.36 Å². The first kappa shape index (κ1) is 15.1. The van der Waals surface area contributed by atoms with Crippen molar-refractivity contribution in [3.05, 3.63) is 22.7 Å². The number of anilines is 1. The third kappa shape index (κ3) is 4.73. The van der Waals surface area contributed by atoms with E-state index in [4.69, 9.17) is 0 Å². The van der Waals surface area contributed by atoms with Crippen LogP contribution < -0.4 is 9.46 Å². The van der Waals surface area contributed by atoms with Crippen LogP contribution in [-0.2, 0) is 10.0 Å². The maximum Gasteiger partial charge on any atom is 0.573 e. The van der Waals surface area contributed by atoms with Crippen LogP contribution >= 0.6 is 15.9 Å². The molecule has 0 bridgehead atoms. The molecule has 4 nitrogen and oxygen atoms in total. The molecule has 0 saturated carbocycles. The van der Waals surface area contributed by atoms with E-state index in [0.717, 1.165) is 12.1 Å². The molecule has 0 saturated heterocycles. The highest BCUT2D eigenvalue weighted by Gasteiger charge is 2.31. The fourth-order valence-electron chi connectivity index (χ4n) is 1.02. The van der Waals surface area contributed by atoms with E-state index >= 15 is 0 Å². The van der Waals surface area contributed by atoms with Gasteiger partial charge < -0.3 is 4.74 Å². The maximum atomic E-state index is 12.0. The first-order valence-corrected chi connectivity index (χ1v) is 7.13. The molecule has 1 rings (SSSR count). The summed E-state index contributed by atoms with van der Waals surface area (Å²) < 4.78 is 64.5. The van der Waals surface area contributed by atoms with Crippen LogP contribution in [0.25, 0.3) is 0 Å². The molecule has 102 valence electrons. The molecule has 0 aliphatic carbocycles. The molecule has 0 fully saturated rings. The number of hydrogen-bond donors (Lipinski definition) is 1. The van der Waals surface area contributed by atoms with E-state index in [2.05, 4.69) is 25.4 Å². The lowest BCUT2D eigenvalue weighted by molar-refractivity contribution is -0.274. The Morgan fingerprint density at radius 3 is 2.44 bits per heavy atom. The van der Waals surface area contributed by atoms with Crippen LogP contribution in [-0.4, -0.2) is 20.5 Å². The molecule has 0 atom stereocenters. The molecular formula is C9H9BrF3NO3S. The third-order valence-electron chi connectivity index (χ3n) is 1.82. The highest BCUT2D eigenvalue weighted by molar-refractivity contribution is 9.10. The van der Waals surface area contributed by atoms with Crippen molar-refractivity contribution >= 4 is 31.6 Å². The van der Waals surface area contributed by atoms with Crippen LogP contribution in [0.1, 0.15) is 6.92 Å². The van der Waals surface area contributed by atoms with Crippen molar-refractivity contribution in [1.29, 1.82) is 0 Å². The molecule has 1 N–H and O–H groups in total. The van der Waals surface area contributed by atoms with Crippen molar-refractivity contribution in [3.63, 3.8) is 0 Å². The molecule has 0 aliphatic heterocycles. The van der Waals surface area contributed by atoms with Crippen molar-refractivity contribution in [1.82, 2.24) is 0 Å². The van der Waals surface area contributed by atoms with Crippen molar-refractivity contribution in [3.8, 4) is 5.75 Å². The first-order chi connectivity index (χ1) is 8.13. The van der Waals surface area contributed by atoms with Gasteiger partial charge in [-0.3, -0.25) is 4.72 Å². The van der Waals surface area contributed by atoms with Gasteiger partial charge in [0.2, 0.25) is 10.0 Å². The number of ether oxygens (including phenoxy) is 1. The molecule has 0 radical (unpaired) electrons. The van der Waals surface area contributed by atoms with E-state index in [1.165, 1.54) is 13.0 Å². The van der Waals surface area contributed by atoms with Crippen LogP contribution in [0.3, 0.4) is 0 Å². The van der Waals surface area contributed by atoms with Gasteiger partial charge in [0.05, 0.1) is 11.4 Å². The Kier molecular flexibility index (Phi) is 4.49. The molecule has 1 aromatic rings. The predicted molar refractivity (Wildman–Crippen MR) is 63.9 cm³/mol. The molecule has 0 heterocycles. The van der Waals surface area contributed by atoms with Crippen LogP contribution in [0.5, 0.6) is 5.75 Å². The largest absolute Gasteiger partial charge is 0.573 e. The van der Waals surface area contributed by atoms with E-state index < -0.39 is 22.1 Å². The van der Waals surface area contributed by atoms with Gasteiger partial charge in [-0.1, -0.05) is 0 Å². The normalized spacial score (nSPS) is 12.3. The van der Waals surface area contributed by atoms with Crippen molar-refractivity contribution in [2.75, 3.05) is 10.5 Å². The molecule has 0 amide bonds. The first-order valence-electron chi connectivity index (χ1n) is 4.69. The number of sulfonamides is 1. The summed E-state index contributed by atoms with van der Waals surface area (Å²) in [4.78, 5) is 0. The lowest BCUT2D eigenvalue weighted by atomic mass is 10.3. The van der Waals surface area contributed by atoms with Gasteiger partial charge in [-0.2, -0.15) is 0 Å². The van der Waals surface area contributed by atoms with E-state index in [1.807, 2.05) is 0 Å². The van der Waals surface area contributed by atoms with Crippen molar-refractivity contribution < 1.29 is 26.3 Å². The average Bonchev–Trinajstić information content (AvgIpc) is 2.20. The molecule has 0 spiro atoms. The highest BCUT2D eigenvalue weighted by Crippen LogP contribution is 2.30. The van der Waals surface area contributed by atoms with E-state index in [9.17, 15) is 21.6 Å². The Hall–Kier alpha value is -0.960. The van der Waals surface area contributed by atoms with Crippen LogP contribution in [0.4, 0.5) is 18.9 Å². The topological polar surface area (TPSA) is 55.4 Å². The van der Waals surface area contributed by atoms with Crippen LogP contribution in [0.2, 0.25) is 0 Å². The minimum atomic E-state index is -4.79. The summed E-state index contributed by atoms with van der Waals surface area (Å²) in [5.74, 6) is -0.575. The zero-order chi connectivity index (χ0) is 14.0. The number of alkyl halides is 3. The van der Waals surface area contributed by atoms with Gasteiger partial charge in [-0.25, -0.2) is 8.42 Å². The smallest absolute Gasteiger partial charge is 0.406 e. The van der Waals surface area contributed by atoms with Crippen molar-refractivity contribution in [2.45, 2.75) is 13.3 Å². The summed E-state index contributed by atoms with van der Waals surface area (Å²) in [6.45, 7) is 1.44. The quantitative estimate of drug-likeness (QED) is 0.910. The van der Waals surface area contributed by atoms with Crippen LogP contribution in [0.15, 0.2) is 22.7 Å². The highest BCUT2D eigenvalue weighted by atomic mass is 79.9. The lowest BCUT2D eigenvalue weighted by Gasteiger charge is -2.12. The lowest BCUT2D eigenvalue weighted by Crippen LogP contribution is -2.17. The van der Waals surface area contributed by atoms with E-state index in [-0.39, 0.29) is 15.9 Å². The number of hydrogen-bond acceptors (Lipinski definition) is 3. The minimum Gasteiger partial charge on any atom is -0.406 e. The fourth-order valence-corrected chi connectivity index (χ4v) is 2.26. The maximum absolute atomic E-state index is 12.0. The Bertz CT molecular complexity index is 530. The molecule has 0 aliphatic rings. The molecule has 0 unspecified atom stereocenters. The van der Waals surface area contributed by atoms with Gasteiger partial charge in [-0.15, -0.1) is 13.2 Å². The number of rotatable bonds is 4. The standard InChI is InChI=1S/C9H9BrF3NO3S/c1-2-18(15,16)14-8-4-3-6(5-7(8)10)17-9(11,12)13/h3-5,14H,2H2,1H3. The average molecular weight is 348 g/mol. The molecule has 18 heavy (non-hydrogen) atoms. The van der Waals surface area contributed by atoms with Gasteiger partial charge in [0.1, 0.15) is 5.75 Å². The Balaban J connectivity index is 2.94. The Morgan fingerprint density at radius 1 is 1.39 bits per heavy atom. The van der Waals surface area contributed by atoms with Gasteiger partial charge in [-0.05, 0) is 41.1 Å². The van der Waals surface area contributed by atoms with E-state index in [1.54, 1.807) is 0 Å². The monoisotopic (exact) mass is 347 g/mol. The number of nitrogens with one attached hydrogen (secondary N) is 1. The second-order valence-electron chi connectivity index (χ2n) is 3.19. The Labute approximate surface area is 110 Å². The molecular weight excluding hydrogens is 339 g/mol. The van der Waals surface area contributed by atoms with Crippen LogP contribution in [0, 0.1) is 0 Å². The van der Waals surface area contributed by atoms with Gasteiger partial charge in [0.25, 0.3) is 0 Å². The summed E-state index contributed by atoms with van der Waals surface area (Å²) in [5, 5.41) is 0. The van der Waals surface area contributed by atoms with E-state index in [0.29, 0.717) is 0 Å². The summed E-state index contributed by atoms with van der Waals surface area (Å²) in [5.41, 5.74) is 0.145. The number of halogens is 4. The Morgan fingerprint density at radius 2 is 2.00 bits per heavy atom. The summed E-state index contributed by atoms with van der Waals surface area (Å²) in [7, 11) is -3.49. The molecule has 1 aromatic carbocycles. The van der Waals surface area contributed by atoms with Crippen molar-refractivity contribution in [2.24, 2.45) is 0 Å². The number of benzene rings is 1. The summed E-state index contributed by atoms with van der Waals surface area (Å²) in [6.07, 6.45) is -4.79. The predicted octanol–water partition coefficient (Wildman–Crippen LogP) is 3.11. The third-order valence-corrected chi connectivity index (χ3v) is 3.77. The summed E-state index contributed by atoms with van der Waals surface area (Å²) in [6, 6.07) is 3.23. The SMILES string of the molecule is CCS(=O)(=O)Nc1ccc(OC(F)(F)F)cc1Br. The van der Waals surface area contributed by atoms with Gasteiger partial charge in [0, 0.05) is 4.47 Å². The second kappa shape index (κ2) is 5.35. The minimum absolute atomic E-state index is 0.139. The summed E-state index contributed by atoms with van der Waals surface area (Å²) >= 11 is 2.96. The van der Waals surface area contributed by atoms with Gasteiger partial charge in [0.15, 0.2) is 0 Å². The fraction of sp³-hybridized carbons (Fsp3) is 0.333. The second-order valence-corrected chi connectivity index (χ2v) is 6.06. The molecule has 9 heteroatoms. The zero-order valence-corrected chi connectivity index (χ0v) is 11.5. The zero-order valence-electron chi connectivity index (χ0n) is 9.08.